The van der Waals surface area contributed by atoms with Gasteiger partial charge in [-0.05, 0) is 11.1 Å². The number of aliphatic hydroxyl groups excluding tert-OH is 1. The first-order valence-corrected chi connectivity index (χ1v) is 5.94. The lowest BCUT2D eigenvalue weighted by atomic mass is 10.1. The Hall–Kier alpha value is -1.43. The third-order valence-corrected chi connectivity index (χ3v) is 3.04. The molecule has 98 valence electrons. The number of ether oxygens (including phenoxy) is 1. The number of carboxylic acid groups (broad SMARTS) is 1. The first kappa shape index (κ1) is 13.0. The van der Waals surface area contributed by atoms with Gasteiger partial charge in [0.25, 0.3) is 0 Å². The molecule has 0 amide bonds. The Balaban J connectivity index is 1.93. The Morgan fingerprint density at radius 1 is 1.33 bits per heavy atom. The largest absolute Gasteiger partial charge is 0.479 e. The second-order valence-corrected chi connectivity index (χ2v) is 4.41. The molecule has 1 heterocycles. The van der Waals surface area contributed by atoms with E-state index in [1.807, 2.05) is 24.3 Å². The summed E-state index contributed by atoms with van der Waals surface area (Å²) >= 11 is 0. The summed E-state index contributed by atoms with van der Waals surface area (Å²) in [5.74, 6) is -0.907. The first-order valence-electron chi connectivity index (χ1n) is 5.94. The number of nitrogens with zero attached hydrogens (tertiary/aromatic N) is 1. The number of aliphatic carboxylic acids is 1. The van der Waals surface area contributed by atoms with Crippen LogP contribution in [0, 0.1) is 0 Å². The Morgan fingerprint density at radius 2 is 2.00 bits per heavy atom. The number of rotatable bonds is 4. The number of hydrogen-bond acceptors (Lipinski definition) is 4. The van der Waals surface area contributed by atoms with Crippen LogP contribution in [-0.4, -0.2) is 46.9 Å². The fraction of sp³-hybridized carbons (Fsp3) is 0.462. The van der Waals surface area contributed by atoms with Crippen LogP contribution in [0.4, 0.5) is 0 Å². The van der Waals surface area contributed by atoms with Crippen molar-refractivity contribution in [2.75, 3.05) is 19.7 Å². The van der Waals surface area contributed by atoms with Crippen molar-refractivity contribution in [3.63, 3.8) is 0 Å². The third kappa shape index (κ3) is 3.29. The molecule has 0 aromatic heterocycles. The predicted octanol–water partition coefficient (Wildman–Crippen LogP) is 0.464. The van der Waals surface area contributed by atoms with E-state index in [2.05, 4.69) is 4.90 Å². The van der Waals surface area contributed by atoms with Crippen molar-refractivity contribution < 1.29 is 19.7 Å². The molecule has 5 nitrogen and oxygen atoms in total. The SMILES string of the molecule is O=C(O)C1CN(Cc2ccc(CO)cc2)CCO1. The smallest absolute Gasteiger partial charge is 0.334 e. The number of morpholine rings is 1. The van der Waals surface area contributed by atoms with Crippen molar-refractivity contribution in [2.45, 2.75) is 19.3 Å². The van der Waals surface area contributed by atoms with Gasteiger partial charge in [-0.3, -0.25) is 4.90 Å². The van der Waals surface area contributed by atoms with Gasteiger partial charge in [0.2, 0.25) is 0 Å². The lowest BCUT2D eigenvalue weighted by molar-refractivity contribution is -0.156. The van der Waals surface area contributed by atoms with E-state index in [4.69, 9.17) is 14.9 Å². The minimum absolute atomic E-state index is 0.0406. The van der Waals surface area contributed by atoms with Crippen LogP contribution in [0.3, 0.4) is 0 Å². The molecule has 5 heteroatoms. The van der Waals surface area contributed by atoms with E-state index in [9.17, 15) is 4.79 Å². The van der Waals surface area contributed by atoms with Gasteiger partial charge < -0.3 is 14.9 Å². The van der Waals surface area contributed by atoms with Crippen LogP contribution in [0.2, 0.25) is 0 Å². The standard InChI is InChI=1S/C13H17NO4/c15-9-11-3-1-10(2-4-11)7-14-5-6-18-12(8-14)13(16)17/h1-4,12,15H,5-9H2,(H,16,17). The Morgan fingerprint density at radius 3 is 2.61 bits per heavy atom. The van der Waals surface area contributed by atoms with Gasteiger partial charge >= 0.3 is 5.97 Å². The second-order valence-electron chi connectivity index (χ2n) is 4.41. The van der Waals surface area contributed by atoms with Gasteiger partial charge in [-0.2, -0.15) is 0 Å². The van der Waals surface area contributed by atoms with Gasteiger partial charge in [-0.1, -0.05) is 24.3 Å². The molecule has 2 rings (SSSR count). The molecule has 1 aliphatic heterocycles. The molecule has 1 atom stereocenters. The van der Waals surface area contributed by atoms with E-state index in [1.54, 1.807) is 0 Å². The molecule has 2 N–H and O–H groups in total. The first-order chi connectivity index (χ1) is 8.69. The van der Waals surface area contributed by atoms with Gasteiger partial charge in [-0.15, -0.1) is 0 Å². The number of hydrogen-bond donors (Lipinski definition) is 2. The van der Waals surface area contributed by atoms with E-state index in [0.717, 1.165) is 17.7 Å². The summed E-state index contributed by atoms with van der Waals surface area (Å²) in [6.45, 7) is 2.35. The summed E-state index contributed by atoms with van der Waals surface area (Å²) in [7, 11) is 0. The maximum Gasteiger partial charge on any atom is 0.334 e. The Labute approximate surface area is 106 Å². The van der Waals surface area contributed by atoms with E-state index < -0.39 is 12.1 Å². The van der Waals surface area contributed by atoms with Gasteiger partial charge in [0.1, 0.15) is 0 Å². The van der Waals surface area contributed by atoms with Crippen molar-refractivity contribution in [1.82, 2.24) is 4.90 Å². The summed E-state index contributed by atoms with van der Waals surface area (Å²) in [5, 5.41) is 17.9. The quantitative estimate of drug-likeness (QED) is 0.813. The molecule has 1 unspecified atom stereocenters. The minimum atomic E-state index is -0.907. The fourth-order valence-corrected chi connectivity index (χ4v) is 2.00. The molecule has 0 aliphatic carbocycles. The number of carbonyl (C=O) groups is 1. The van der Waals surface area contributed by atoms with Crippen LogP contribution in [0.25, 0.3) is 0 Å². The molecule has 1 fully saturated rings. The average molecular weight is 251 g/mol. The predicted molar refractivity (Wildman–Crippen MR) is 65.0 cm³/mol. The van der Waals surface area contributed by atoms with Crippen LogP contribution in [0.5, 0.6) is 0 Å². The maximum absolute atomic E-state index is 10.9. The highest BCUT2D eigenvalue weighted by atomic mass is 16.5. The fourth-order valence-electron chi connectivity index (χ4n) is 2.00. The van der Waals surface area contributed by atoms with Crippen molar-refractivity contribution in [1.29, 1.82) is 0 Å². The summed E-state index contributed by atoms with van der Waals surface area (Å²) in [5.41, 5.74) is 1.99. The monoisotopic (exact) mass is 251 g/mol. The Kier molecular flexibility index (Phi) is 4.30. The normalized spacial score (nSPS) is 20.8. The van der Waals surface area contributed by atoms with Gasteiger partial charge in [-0.25, -0.2) is 4.79 Å². The number of carboxylic acids is 1. The molecule has 1 aromatic rings. The van der Waals surface area contributed by atoms with Crippen molar-refractivity contribution in [3.8, 4) is 0 Å². The van der Waals surface area contributed by atoms with Crippen LogP contribution in [0.1, 0.15) is 11.1 Å². The van der Waals surface area contributed by atoms with Crippen molar-refractivity contribution >= 4 is 5.97 Å². The van der Waals surface area contributed by atoms with Crippen LogP contribution in [0.15, 0.2) is 24.3 Å². The molecule has 1 aromatic carbocycles. The van der Waals surface area contributed by atoms with E-state index in [0.29, 0.717) is 19.7 Å². The van der Waals surface area contributed by atoms with Gasteiger partial charge in [0.15, 0.2) is 6.10 Å². The third-order valence-electron chi connectivity index (χ3n) is 3.04. The van der Waals surface area contributed by atoms with E-state index >= 15 is 0 Å². The molecule has 0 radical (unpaired) electrons. The minimum Gasteiger partial charge on any atom is -0.479 e. The van der Waals surface area contributed by atoms with Gasteiger partial charge in [0.05, 0.1) is 13.2 Å². The zero-order valence-corrected chi connectivity index (χ0v) is 10.1. The highest BCUT2D eigenvalue weighted by molar-refractivity contribution is 5.72. The van der Waals surface area contributed by atoms with Crippen molar-refractivity contribution in [2.24, 2.45) is 0 Å². The lowest BCUT2D eigenvalue weighted by Gasteiger charge is -2.30. The summed E-state index contributed by atoms with van der Waals surface area (Å²) in [6.07, 6.45) is -0.726. The van der Waals surface area contributed by atoms with Crippen LogP contribution in [-0.2, 0) is 22.7 Å². The number of aliphatic hydroxyl groups is 1. The molecule has 1 aliphatic rings. The summed E-state index contributed by atoms with van der Waals surface area (Å²) in [4.78, 5) is 12.9. The highest BCUT2D eigenvalue weighted by Crippen LogP contribution is 2.11. The Bertz CT molecular complexity index is 404. The second kappa shape index (κ2) is 5.95. The molecule has 1 saturated heterocycles. The lowest BCUT2D eigenvalue weighted by Crippen LogP contribution is -2.45. The maximum atomic E-state index is 10.9. The molecule has 0 bridgehead atoms. The zero-order chi connectivity index (χ0) is 13.0. The summed E-state index contributed by atoms with van der Waals surface area (Å²) < 4.78 is 5.17. The highest BCUT2D eigenvalue weighted by Gasteiger charge is 2.25. The van der Waals surface area contributed by atoms with Crippen LogP contribution < -0.4 is 0 Å². The molecule has 0 spiro atoms. The van der Waals surface area contributed by atoms with Gasteiger partial charge in [0, 0.05) is 19.6 Å². The zero-order valence-electron chi connectivity index (χ0n) is 10.1. The molecule has 0 saturated carbocycles. The topological polar surface area (TPSA) is 70.0 Å². The molecular weight excluding hydrogens is 234 g/mol. The summed E-state index contributed by atoms with van der Waals surface area (Å²) in [6, 6.07) is 7.67. The number of benzene rings is 1. The van der Waals surface area contributed by atoms with Crippen molar-refractivity contribution in [3.05, 3.63) is 35.4 Å². The molecule has 18 heavy (non-hydrogen) atoms. The average Bonchev–Trinajstić information content (AvgIpc) is 2.40. The van der Waals surface area contributed by atoms with E-state index in [-0.39, 0.29) is 6.61 Å². The molecular formula is C13H17NO4. The van der Waals surface area contributed by atoms with Crippen LogP contribution >= 0.6 is 0 Å². The van der Waals surface area contributed by atoms with E-state index in [1.165, 1.54) is 0 Å².